The summed E-state index contributed by atoms with van der Waals surface area (Å²) in [6.45, 7) is 4.59. The van der Waals surface area contributed by atoms with Crippen molar-refractivity contribution < 1.29 is 14.3 Å². The Morgan fingerprint density at radius 2 is 1.62 bits per heavy atom. The first-order valence-electron chi connectivity index (χ1n) is 9.85. The molecule has 0 unspecified atom stereocenters. The van der Waals surface area contributed by atoms with Crippen molar-refractivity contribution in [3.8, 4) is 0 Å². The van der Waals surface area contributed by atoms with E-state index < -0.39 is 0 Å². The zero-order chi connectivity index (χ0) is 20.3. The van der Waals surface area contributed by atoms with E-state index in [9.17, 15) is 9.59 Å². The fourth-order valence-electron chi connectivity index (χ4n) is 3.10. The summed E-state index contributed by atoms with van der Waals surface area (Å²) in [5.41, 5.74) is 3.22. The van der Waals surface area contributed by atoms with Crippen LogP contribution < -0.4 is 10.6 Å². The zero-order valence-electron chi connectivity index (χ0n) is 16.5. The molecule has 6 nitrogen and oxygen atoms in total. The van der Waals surface area contributed by atoms with Crippen molar-refractivity contribution in [1.82, 2.24) is 15.5 Å². The van der Waals surface area contributed by atoms with Gasteiger partial charge >= 0.3 is 0 Å². The molecule has 1 fully saturated rings. The highest BCUT2D eigenvalue weighted by atomic mass is 16.5. The number of ether oxygens (including phenoxy) is 1. The number of hydrogen-bond acceptors (Lipinski definition) is 4. The van der Waals surface area contributed by atoms with E-state index in [4.69, 9.17) is 4.74 Å². The number of amides is 2. The van der Waals surface area contributed by atoms with Gasteiger partial charge in [0.25, 0.3) is 0 Å². The van der Waals surface area contributed by atoms with E-state index in [-0.39, 0.29) is 18.4 Å². The molecule has 29 heavy (non-hydrogen) atoms. The number of nitrogens with one attached hydrogen (secondary N) is 2. The third kappa shape index (κ3) is 7.18. The molecule has 0 spiro atoms. The van der Waals surface area contributed by atoms with E-state index in [2.05, 4.69) is 21.6 Å². The van der Waals surface area contributed by atoms with E-state index in [0.717, 1.165) is 44.0 Å². The highest BCUT2D eigenvalue weighted by molar-refractivity contribution is 5.94. The minimum Gasteiger partial charge on any atom is -0.379 e. The Balaban J connectivity index is 1.43. The smallest absolute Gasteiger partial charge is 0.244 e. The number of morpholine rings is 1. The van der Waals surface area contributed by atoms with Gasteiger partial charge in [0.1, 0.15) is 0 Å². The van der Waals surface area contributed by atoms with Gasteiger partial charge < -0.3 is 15.4 Å². The topological polar surface area (TPSA) is 70.7 Å². The Hall–Kier alpha value is -2.96. The summed E-state index contributed by atoms with van der Waals surface area (Å²) in [6.07, 6.45) is 3.15. The average molecular weight is 393 g/mol. The number of hydrogen-bond donors (Lipinski definition) is 2. The number of rotatable bonds is 8. The molecule has 3 rings (SSSR count). The maximum absolute atomic E-state index is 12.1. The van der Waals surface area contributed by atoms with Crippen molar-refractivity contribution in [1.29, 1.82) is 0 Å². The largest absolute Gasteiger partial charge is 0.379 e. The minimum atomic E-state index is -0.295. The Bertz CT molecular complexity index is 830. The Kier molecular flexibility index (Phi) is 7.98. The quantitative estimate of drug-likeness (QED) is 0.673. The summed E-state index contributed by atoms with van der Waals surface area (Å²) in [5, 5.41) is 5.49. The normalized spacial score (nSPS) is 14.6. The lowest BCUT2D eigenvalue weighted by Crippen LogP contribution is -2.37. The Labute approximate surface area is 171 Å². The van der Waals surface area contributed by atoms with Crippen LogP contribution in [0.15, 0.2) is 60.7 Å². The van der Waals surface area contributed by atoms with Crippen LogP contribution in [0.5, 0.6) is 0 Å². The molecule has 0 bridgehead atoms. The summed E-state index contributed by atoms with van der Waals surface area (Å²) >= 11 is 0. The first-order chi connectivity index (χ1) is 14.2. The molecule has 0 radical (unpaired) electrons. The lowest BCUT2D eigenvalue weighted by molar-refractivity contribution is -0.124. The lowest BCUT2D eigenvalue weighted by Gasteiger charge is -2.27. The molecule has 2 aromatic carbocycles. The number of carbonyl (C=O) groups is 2. The first kappa shape index (κ1) is 20.8. The van der Waals surface area contributed by atoms with Crippen molar-refractivity contribution >= 4 is 17.9 Å². The van der Waals surface area contributed by atoms with Crippen molar-refractivity contribution in [2.75, 3.05) is 32.8 Å². The molecule has 1 aliphatic rings. The molecule has 1 aliphatic heterocycles. The van der Waals surface area contributed by atoms with Crippen LogP contribution in [-0.2, 0) is 27.4 Å². The highest BCUT2D eigenvalue weighted by Gasteiger charge is 2.13. The van der Waals surface area contributed by atoms with Gasteiger partial charge in [-0.2, -0.15) is 0 Å². The number of nitrogens with zero attached hydrogens (tertiary/aromatic N) is 1. The van der Waals surface area contributed by atoms with E-state index in [1.165, 1.54) is 11.6 Å². The van der Waals surface area contributed by atoms with Crippen LogP contribution >= 0.6 is 0 Å². The van der Waals surface area contributed by atoms with Gasteiger partial charge in [0.15, 0.2) is 0 Å². The Morgan fingerprint density at radius 1 is 0.931 bits per heavy atom. The molecule has 2 amide bonds. The fraction of sp³-hybridized carbons (Fsp3) is 0.304. The third-order valence-electron chi connectivity index (χ3n) is 4.74. The molecule has 1 heterocycles. The molecular weight excluding hydrogens is 366 g/mol. The maximum Gasteiger partial charge on any atom is 0.244 e. The van der Waals surface area contributed by atoms with Crippen LogP contribution in [0.2, 0.25) is 0 Å². The van der Waals surface area contributed by atoms with Gasteiger partial charge in [-0.05, 0) is 22.8 Å². The van der Waals surface area contributed by atoms with E-state index in [1.54, 1.807) is 6.08 Å². The van der Waals surface area contributed by atoms with Gasteiger partial charge in [-0.15, -0.1) is 0 Å². The van der Waals surface area contributed by atoms with E-state index in [1.807, 2.05) is 48.5 Å². The fourth-order valence-corrected chi connectivity index (χ4v) is 3.10. The van der Waals surface area contributed by atoms with E-state index in [0.29, 0.717) is 6.54 Å². The first-order valence-corrected chi connectivity index (χ1v) is 9.85. The van der Waals surface area contributed by atoms with Crippen molar-refractivity contribution in [2.24, 2.45) is 0 Å². The van der Waals surface area contributed by atoms with Crippen molar-refractivity contribution in [2.45, 2.75) is 13.1 Å². The maximum atomic E-state index is 12.1. The van der Waals surface area contributed by atoms with Crippen molar-refractivity contribution in [3.63, 3.8) is 0 Å². The number of benzene rings is 2. The molecule has 0 atom stereocenters. The average Bonchev–Trinajstić information content (AvgIpc) is 2.77. The van der Waals surface area contributed by atoms with Crippen molar-refractivity contribution in [3.05, 3.63) is 77.4 Å². The number of carbonyl (C=O) groups excluding carboxylic acids is 2. The minimum absolute atomic E-state index is 0.0520. The van der Waals surface area contributed by atoms with Gasteiger partial charge in [0, 0.05) is 32.3 Å². The lowest BCUT2D eigenvalue weighted by atomic mass is 10.1. The van der Waals surface area contributed by atoms with Crippen LogP contribution in [-0.4, -0.2) is 49.6 Å². The van der Waals surface area contributed by atoms with Gasteiger partial charge in [-0.1, -0.05) is 54.6 Å². The summed E-state index contributed by atoms with van der Waals surface area (Å²) in [5.74, 6) is -0.510. The van der Waals surface area contributed by atoms with Gasteiger partial charge in [0.05, 0.1) is 19.8 Å². The predicted molar refractivity (Wildman–Crippen MR) is 113 cm³/mol. The second kappa shape index (κ2) is 11.1. The molecule has 1 saturated heterocycles. The molecule has 152 valence electrons. The molecule has 2 aromatic rings. The molecule has 0 aliphatic carbocycles. The van der Waals surface area contributed by atoms with Gasteiger partial charge in [-0.25, -0.2) is 0 Å². The molecule has 6 heteroatoms. The van der Waals surface area contributed by atoms with Crippen LogP contribution in [0.25, 0.3) is 6.08 Å². The van der Waals surface area contributed by atoms with E-state index >= 15 is 0 Å². The Morgan fingerprint density at radius 3 is 2.38 bits per heavy atom. The summed E-state index contributed by atoms with van der Waals surface area (Å²) in [4.78, 5) is 26.3. The monoisotopic (exact) mass is 393 g/mol. The van der Waals surface area contributed by atoms with Crippen LogP contribution in [0.3, 0.4) is 0 Å². The summed E-state index contributed by atoms with van der Waals surface area (Å²) in [6, 6.07) is 17.6. The third-order valence-corrected chi connectivity index (χ3v) is 4.74. The molecular formula is C23H27N3O3. The van der Waals surface area contributed by atoms with Crippen LogP contribution in [0, 0.1) is 0 Å². The standard InChI is InChI=1S/C23H27N3O3/c27-22(11-10-19-6-2-1-3-7-19)25-17-23(28)24-16-20-8-4-5-9-21(20)18-26-12-14-29-15-13-26/h1-11H,12-18H2,(H,24,28)(H,25,27)/b11-10+. The summed E-state index contributed by atoms with van der Waals surface area (Å²) < 4.78 is 5.40. The highest BCUT2D eigenvalue weighted by Crippen LogP contribution is 2.13. The van der Waals surface area contributed by atoms with Crippen LogP contribution in [0.4, 0.5) is 0 Å². The second-order valence-corrected chi connectivity index (χ2v) is 6.90. The second-order valence-electron chi connectivity index (χ2n) is 6.90. The van der Waals surface area contributed by atoms with Crippen LogP contribution in [0.1, 0.15) is 16.7 Å². The zero-order valence-corrected chi connectivity index (χ0v) is 16.5. The van der Waals surface area contributed by atoms with Gasteiger partial charge in [0.2, 0.25) is 11.8 Å². The summed E-state index contributed by atoms with van der Waals surface area (Å²) in [7, 11) is 0. The molecule has 0 saturated carbocycles. The van der Waals surface area contributed by atoms with Gasteiger partial charge in [-0.3, -0.25) is 14.5 Å². The SMILES string of the molecule is O=C(/C=C/c1ccccc1)NCC(=O)NCc1ccccc1CN1CCOCC1. The molecule has 0 aromatic heterocycles. The molecule has 2 N–H and O–H groups in total. The predicted octanol–water partition coefficient (Wildman–Crippen LogP) is 1.96.